The molecule has 3 aromatic rings. The van der Waals surface area contributed by atoms with Gasteiger partial charge in [-0.1, -0.05) is 25.1 Å². The molecular weight excluding hydrogens is 302 g/mol. The van der Waals surface area contributed by atoms with Crippen molar-refractivity contribution in [3.63, 3.8) is 0 Å². The van der Waals surface area contributed by atoms with E-state index in [0.717, 1.165) is 29.0 Å². The van der Waals surface area contributed by atoms with Gasteiger partial charge in [-0.3, -0.25) is 4.90 Å². The third-order valence-electron chi connectivity index (χ3n) is 4.25. The lowest BCUT2D eigenvalue weighted by molar-refractivity contribution is 0.111. The summed E-state index contributed by atoms with van der Waals surface area (Å²) in [6.45, 7) is 6.09. The molecule has 1 aromatic carbocycles. The summed E-state index contributed by atoms with van der Waals surface area (Å²) in [5.41, 5.74) is 3.82. The van der Waals surface area contributed by atoms with E-state index in [2.05, 4.69) is 24.8 Å². The summed E-state index contributed by atoms with van der Waals surface area (Å²) in [5.74, 6) is 0.172. The van der Waals surface area contributed by atoms with Crippen LogP contribution in [0.1, 0.15) is 29.8 Å². The van der Waals surface area contributed by atoms with Gasteiger partial charge in [0.25, 0.3) is 0 Å². The molecule has 0 saturated carbocycles. The maximum absolute atomic E-state index is 10.4. The number of fused-ring (bicyclic) bond motifs is 1. The molecule has 0 spiro atoms. The molecule has 0 aliphatic carbocycles. The minimum absolute atomic E-state index is 0.172. The van der Waals surface area contributed by atoms with Crippen LogP contribution in [-0.4, -0.2) is 37.6 Å². The zero-order valence-corrected chi connectivity index (χ0v) is 14.1. The number of aromatic hydroxyl groups is 1. The molecule has 5 heteroatoms. The van der Waals surface area contributed by atoms with Crippen LogP contribution in [0.15, 0.2) is 48.8 Å². The molecule has 0 aliphatic heterocycles. The number of nitrogens with zero attached hydrogens (tertiary/aromatic N) is 3. The zero-order valence-electron chi connectivity index (χ0n) is 14.1. The highest BCUT2D eigenvalue weighted by Gasteiger charge is 2.15. The topological polar surface area (TPSA) is 61.0 Å². The summed E-state index contributed by atoms with van der Waals surface area (Å²) in [4.78, 5) is 6.84. The van der Waals surface area contributed by atoms with Crippen LogP contribution in [0.3, 0.4) is 0 Å². The third kappa shape index (κ3) is 3.58. The first-order chi connectivity index (χ1) is 11.6. The molecule has 0 radical (unpaired) electrons. The van der Waals surface area contributed by atoms with E-state index in [0.29, 0.717) is 13.1 Å². The van der Waals surface area contributed by atoms with Gasteiger partial charge in [-0.15, -0.1) is 0 Å². The normalized spacial score (nSPS) is 12.8. The number of imidazole rings is 1. The number of benzene rings is 1. The van der Waals surface area contributed by atoms with Crippen LogP contribution >= 0.6 is 0 Å². The van der Waals surface area contributed by atoms with Gasteiger partial charge in [-0.05, 0) is 42.8 Å². The van der Waals surface area contributed by atoms with Gasteiger partial charge in [0.15, 0.2) is 0 Å². The number of phenols is 1. The van der Waals surface area contributed by atoms with Crippen molar-refractivity contribution >= 4 is 5.65 Å². The number of aliphatic hydroxyl groups is 1. The molecule has 0 bridgehead atoms. The summed E-state index contributed by atoms with van der Waals surface area (Å²) >= 11 is 0. The highest BCUT2D eigenvalue weighted by Crippen LogP contribution is 2.20. The van der Waals surface area contributed by atoms with Crippen molar-refractivity contribution in [2.75, 3.05) is 13.1 Å². The van der Waals surface area contributed by atoms with E-state index in [1.165, 1.54) is 0 Å². The average Bonchev–Trinajstić information content (AvgIpc) is 2.98. The molecule has 2 heterocycles. The molecule has 5 nitrogen and oxygen atoms in total. The SMILES string of the molecule is CCN(Cc1cn2cccc(C)c2n1)CC(O)c1cccc(O)c1. The molecule has 0 aliphatic rings. The van der Waals surface area contributed by atoms with Crippen LogP contribution in [0.2, 0.25) is 0 Å². The Morgan fingerprint density at radius 1 is 1.25 bits per heavy atom. The van der Waals surface area contributed by atoms with Crippen molar-refractivity contribution in [2.45, 2.75) is 26.5 Å². The van der Waals surface area contributed by atoms with Crippen LogP contribution in [0.5, 0.6) is 5.75 Å². The Kier molecular flexibility index (Phi) is 4.83. The van der Waals surface area contributed by atoms with Gasteiger partial charge in [0.2, 0.25) is 0 Å². The van der Waals surface area contributed by atoms with Crippen LogP contribution in [0.25, 0.3) is 5.65 Å². The predicted octanol–water partition coefficient (Wildman–Crippen LogP) is 2.90. The van der Waals surface area contributed by atoms with E-state index in [4.69, 9.17) is 4.98 Å². The van der Waals surface area contributed by atoms with E-state index in [1.54, 1.807) is 18.2 Å². The van der Waals surface area contributed by atoms with E-state index >= 15 is 0 Å². The van der Waals surface area contributed by atoms with Crippen molar-refractivity contribution in [3.05, 3.63) is 65.6 Å². The van der Waals surface area contributed by atoms with Gasteiger partial charge in [-0.25, -0.2) is 4.98 Å². The minimum Gasteiger partial charge on any atom is -0.508 e. The van der Waals surface area contributed by atoms with Gasteiger partial charge in [-0.2, -0.15) is 0 Å². The second kappa shape index (κ2) is 7.03. The first-order valence-corrected chi connectivity index (χ1v) is 8.19. The molecule has 2 N–H and O–H groups in total. The molecule has 24 heavy (non-hydrogen) atoms. The van der Waals surface area contributed by atoms with E-state index in [1.807, 2.05) is 28.9 Å². The predicted molar refractivity (Wildman–Crippen MR) is 93.9 cm³/mol. The number of aryl methyl sites for hydroxylation is 1. The van der Waals surface area contributed by atoms with Crippen molar-refractivity contribution in [1.82, 2.24) is 14.3 Å². The van der Waals surface area contributed by atoms with Gasteiger partial charge < -0.3 is 14.6 Å². The van der Waals surface area contributed by atoms with Crippen LogP contribution in [0.4, 0.5) is 0 Å². The Morgan fingerprint density at radius 2 is 2.08 bits per heavy atom. The van der Waals surface area contributed by atoms with E-state index in [-0.39, 0.29) is 5.75 Å². The second-order valence-corrected chi connectivity index (χ2v) is 6.09. The van der Waals surface area contributed by atoms with E-state index < -0.39 is 6.10 Å². The van der Waals surface area contributed by atoms with Crippen LogP contribution < -0.4 is 0 Å². The molecule has 1 unspecified atom stereocenters. The van der Waals surface area contributed by atoms with Crippen LogP contribution in [-0.2, 0) is 6.54 Å². The minimum atomic E-state index is -0.643. The Hall–Kier alpha value is -2.37. The molecule has 126 valence electrons. The van der Waals surface area contributed by atoms with Crippen LogP contribution in [0, 0.1) is 6.92 Å². The van der Waals surface area contributed by atoms with Gasteiger partial charge in [0.05, 0.1) is 11.8 Å². The number of phenolic OH excluding ortho intramolecular Hbond substituents is 1. The largest absolute Gasteiger partial charge is 0.508 e. The summed E-state index contributed by atoms with van der Waals surface area (Å²) < 4.78 is 2.03. The number of hydrogen-bond donors (Lipinski definition) is 2. The Labute approximate surface area is 141 Å². The highest BCUT2D eigenvalue weighted by molar-refractivity contribution is 5.47. The van der Waals surface area contributed by atoms with E-state index in [9.17, 15) is 10.2 Å². The first-order valence-electron chi connectivity index (χ1n) is 8.19. The van der Waals surface area contributed by atoms with Crippen molar-refractivity contribution in [1.29, 1.82) is 0 Å². The fourth-order valence-electron chi connectivity index (χ4n) is 2.90. The summed E-state index contributed by atoms with van der Waals surface area (Å²) in [7, 11) is 0. The Bertz CT molecular complexity index is 828. The maximum Gasteiger partial charge on any atom is 0.139 e. The van der Waals surface area contributed by atoms with Crippen molar-refractivity contribution in [3.8, 4) is 5.75 Å². The maximum atomic E-state index is 10.4. The zero-order chi connectivity index (χ0) is 17.1. The van der Waals surface area contributed by atoms with Crippen molar-refractivity contribution < 1.29 is 10.2 Å². The summed E-state index contributed by atoms with van der Waals surface area (Å²) in [6, 6.07) is 10.8. The highest BCUT2D eigenvalue weighted by atomic mass is 16.3. The number of likely N-dealkylation sites (N-methyl/N-ethyl adjacent to an activating group) is 1. The lowest BCUT2D eigenvalue weighted by Gasteiger charge is -2.23. The van der Waals surface area contributed by atoms with Gasteiger partial charge in [0.1, 0.15) is 11.4 Å². The number of aliphatic hydroxyl groups excluding tert-OH is 1. The Balaban J connectivity index is 1.72. The first kappa shape index (κ1) is 16.5. The fraction of sp³-hybridized carbons (Fsp3) is 0.316. The molecule has 0 fully saturated rings. The van der Waals surface area contributed by atoms with Gasteiger partial charge >= 0.3 is 0 Å². The fourth-order valence-corrected chi connectivity index (χ4v) is 2.90. The standard InChI is InChI=1S/C19H23N3O2/c1-3-21(13-18(24)15-7-4-8-17(23)10-15)11-16-12-22-9-5-6-14(2)19(22)20-16/h4-10,12,18,23-24H,3,11,13H2,1-2H3. The quantitative estimate of drug-likeness (QED) is 0.731. The number of aromatic nitrogens is 2. The molecule has 3 rings (SSSR count). The monoisotopic (exact) mass is 325 g/mol. The number of pyridine rings is 1. The number of rotatable bonds is 6. The summed E-state index contributed by atoms with van der Waals surface area (Å²) in [6.07, 6.45) is 3.39. The molecule has 0 saturated heterocycles. The van der Waals surface area contributed by atoms with Gasteiger partial charge in [0, 0.05) is 25.5 Å². The number of hydrogen-bond acceptors (Lipinski definition) is 4. The molecule has 2 aromatic heterocycles. The molecular formula is C19H23N3O2. The smallest absolute Gasteiger partial charge is 0.139 e. The van der Waals surface area contributed by atoms with Crippen molar-refractivity contribution in [2.24, 2.45) is 0 Å². The second-order valence-electron chi connectivity index (χ2n) is 6.09. The lowest BCUT2D eigenvalue weighted by Crippen LogP contribution is -2.28. The average molecular weight is 325 g/mol. The molecule has 0 amide bonds. The lowest BCUT2D eigenvalue weighted by atomic mass is 10.1. The Morgan fingerprint density at radius 3 is 2.79 bits per heavy atom. The third-order valence-corrected chi connectivity index (χ3v) is 4.25. The summed E-state index contributed by atoms with van der Waals surface area (Å²) in [5, 5.41) is 20.0. The molecule has 1 atom stereocenters.